The fourth-order valence-corrected chi connectivity index (χ4v) is 1.84. The van der Waals surface area contributed by atoms with Crippen LogP contribution in [0.1, 0.15) is 34.1 Å². The molecule has 0 spiro atoms. The molecule has 0 heterocycles. The minimum atomic E-state index is -0.539. The summed E-state index contributed by atoms with van der Waals surface area (Å²) in [5, 5.41) is 0. The largest absolute Gasteiger partial charge is 0.493 e. The van der Waals surface area contributed by atoms with Gasteiger partial charge in [0.25, 0.3) is 0 Å². The highest BCUT2D eigenvalue weighted by molar-refractivity contribution is 6.49. The maximum Gasteiger partial charge on any atom is 0.237 e. The van der Waals surface area contributed by atoms with E-state index in [-0.39, 0.29) is 0 Å². The van der Waals surface area contributed by atoms with Crippen molar-refractivity contribution in [2.75, 3.05) is 6.61 Å². The van der Waals surface area contributed by atoms with Crippen LogP contribution < -0.4 is 4.74 Å². The summed E-state index contributed by atoms with van der Waals surface area (Å²) in [7, 11) is 0. The molecule has 0 aromatic heterocycles. The van der Waals surface area contributed by atoms with Gasteiger partial charge in [-0.15, -0.1) is 0 Å². The molecule has 20 heavy (non-hydrogen) atoms. The van der Waals surface area contributed by atoms with Crippen LogP contribution in [-0.4, -0.2) is 18.2 Å². The molecule has 0 atom stereocenters. The SMILES string of the molecule is CCCOc1ccccc1C(=O)C(=O)c1ccccc1. The van der Waals surface area contributed by atoms with Gasteiger partial charge in [-0.25, -0.2) is 0 Å². The lowest BCUT2D eigenvalue weighted by atomic mass is 10.0. The van der Waals surface area contributed by atoms with Gasteiger partial charge in [-0.3, -0.25) is 9.59 Å². The summed E-state index contributed by atoms with van der Waals surface area (Å²) < 4.78 is 5.52. The predicted octanol–water partition coefficient (Wildman–Crippen LogP) is 3.54. The number of carbonyl (C=O) groups is 2. The van der Waals surface area contributed by atoms with Crippen molar-refractivity contribution in [3.8, 4) is 5.75 Å². The Morgan fingerprint density at radius 1 is 0.900 bits per heavy atom. The number of ether oxygens (including phenoxy) is 1. The third-order valence-corrected chi connectivity index (χ3v) is 2.84. The monoisotopic (exact) mass is 268 g/mol. The zero-order valence-corrected chi connectivity index (χ0v) is 11.3. The number of hydrogen-bond acceptors (Lipinski definition) is 3. The summed E-state index contributed by atoms with van der Waals surface area (Å²) in [5.74, 6) is -0.593. The van der Waals surface area contributed by atoms with E-state index in [1.165, 1.54) is 0 Å². The summed E-state index contributed by atoms with van der Waals surface area (Å²) in [6.45, 7) is 2.50. The molecule has 0 aliphatic heterocycles. The zero-order valence-electron chi connectivity index (χ0n) is 11.3. The number of ketones is 2. The molecule has 2 aromatic rings. The second-order valence-electron chi connectivity index (χ2n) is 4.37. The lowest BCUT2D eigenvalue weighted by Crippen LogP contribution is -2.15. The second kappa shape index (κ2) is 6.66. The Bertz CT molecular complexity index is 603. The Labute approximate surface area is 118 Å². The van der Waals surface area contributed by atoms with Gasteiger partial charge in [0.1, 0.15) is 5.75 Å². The van der Waals surface area contributed by atoms with Gasteiger partial charge < -0.3 is 4.74 Å². The number of Topliss-reactive ketones (excluding diaryl/α,β-unsaturated/α-hetero) is 2. The molecule has 2 aromatic carbocycles. The van der Waals surface area contributed by atoms with Crippen LogP contribution in [0.5, 0.6) is 5.75 Å². The van der Waals surface area contributed by atoms with Gasteiger partial charge in [0.2, 0.25) is 11.6 Å². The highest BCUT2D eigenvalue weighted by atomic mass is 16.5. The van der Waals surface area contributed by atoms with Gasteiger partial charge in [0.05, 0.1) is 12.2 Å². The summed E-state index contributed by atoms with van der Waals surface area (Å²) in [5.41, 5.74) is 0.706. The lowest BCUT2D eigenvalue weighted by molar-refractivity contribution is 0.0814. The van der Waals surface area contributed by atoms with Crippen LogP contribution >= 0.6 is 0 Å². The molecule has 0 bridgehead atoms. The van der Waals surface area contributed by atoms with E-state index < -0.39 is 11.6 Å². The second-order valence-corrected chi connectivity index (χ2v) is 4.37. The number of rotatable bonds is 6. The Morgan fingerprint density at radius 3 is 2.25 bits per heavy atom. The smallest absolute Gasteiger partial charge is 0.237 e. The molecule has 0 saturated carbocycles. The van der Waals surface area contributed by atoms with E-state index in [4.69, 9.17) is 4.74 Å². The highest BCUT2D eigenvalue weighted by Crippen LogP contribution is 2.20. The molecule has 0 unspecified atom stereocenters. The molecule has 0 radical (unpaired) electrons. The molecule has 0 saturated heterocycles. The molecular weight excluding hydrogens is 252 g/mol. The number of carbonyl (C=O) groups excluding carboxylic acids is 2. The third-order valence-electron chi connectivity index (χ3n) is 2.84. The molecule has 2 rings (SSSR count). The summed E-state index contributed by atoms with van der Waals surface area (Å²) >= 11 is 0. The zero-order chi connectivity index (χ0) is 14.4. The molecule has 0 aliphatic carbocycles. The standard InChI is InChI=1S/C17H16O3/c1-2-12-20-15-11-7-6-10-14(15)17(19)16(18)13-8-4-3-5-9-13/h3-11H,2,12H2,1H3. The van der Waals surface area contributed by atoms with Gasteiger partial charge in [-0.2, -0.15) is 0 Å². The molecule has 3 heteroatoms. The topological polar surface area (TPSA) is 43.4 Å². The molecule has 0 aliphatic rings. The van der Waals surface area contributed by atoms with Crippen molar-refractivity contribution in [2.24, 2.45) is 0 Å². The molecule has 0 amide bonds. The Hall–Kier alpha value is -2.42. The predicted molar refractivity (Wildman–Crippen MR) is 77.3 cm³/mol. The third kappa shape index (κ3) is 3.12. The van der Waals surface area contributed by atoms with E-state index in [1.807, 2.05) is 6.92 Å². The van der Waals surface area contributed by atoms with Crippen molar-refractivity contribution in [3.05, 3.63) is 65.7 Å². The summed E-state index contributed by atoms with van der Waals surface area (Å²) in [6, 6.07) is 15.4. The Morgan fingerprint density at radius 2 is 1.55 bits per heavy atom. The first-order valence-corrected chi connectivity index (χ1v) is 6.60. The maximum atomic E-state index is 12.3. The molecule has 3 nitrogen and oxygen atoms in total. The van der Waals surface area contributed by atoms with Crippen molar-refractivity contribution in [1.29, 1.82) is 0 Å². The van der Waals surface area contributed by atoms with E-state index in [0.29, 0.717) is 23.5 Å². The molecule has 102 valence electrons. The molecule has 0 fully saturated rings. The Kier molecular flexibility index (Phi) is 4.66. The fraction of sp³-hybridized carbons (Fsp3) is 0.176. The van der Waals surface area contributed by atoms with Crippen LogP contribution in [0, 0.1) is 0 Å². The average Bonchev–Trinajstić information content (AvgIpc) is 2.52. The van der Waals surface area contributed by atoms with E-state index in [0.717, 1.165) is 6.42 Å². The van der Waals surface area contributed by atoms with Crippen molar-refractivity contribution < 1.29 is 14.3 Å². The van der Waals surface area contributed by atoms with Gasteiger partial charge in [-0.1, -0.05) is 49.4 Å². The van der Waals surface area contributed by atoms with Crippen LogP contribution in [0.15, 0.2) is 54.6 Å². The van der Waals surface area contributed by atoms with Gasteiger partial charge in [0, 0.05) is 5.56 Å². The van der Waals surface area contributed by atoms with E-state index >= 15 is 0 Å². The van der Waals surface area contributed by atoms with E-state index in [1.54, 1.807) is 54.6 Å². The van der Waals surface area contributed by atoms with Crippen molar-refractivity contribution in [1.82, 2.24) is 0 Å². The number of hydrogen-bond donors (Lipinski definition) is 0. The van der Waals surface area contributed by atoms with Crippen molar-refractivity contribution in [3.63, 3.8) is 0 Å². The highest BCUT2D eigenvalue weighted by Gasteiger charge is 2.21. The van der Waals surface area contributed by atoms with Gasteiger partial charge in [-0.05, 0) is 18.6 Å². The minimum absolute atomic E-state index is 0.315. The van der Waals surface area contributed by atoms with Crippen molar-refractivity contribution in [2.45, 2.75) is 13.3 Å². The first-order chi connectivity index (χ1) is 9.74. The van der Waals surface area contributed by atoms with Crippen LogP contribution in [-0.2, 0) is 0 Å². The van der Waals surface area contributed by atoms with E-state index in [9.17, 15) is 9.59 Å². The first-order valence-electron chi connectivity index (χ1n) is 6.60. The van der Waals surface area contributed by atoms with Gasteiger partial charge in [0.15, 0.2) is 0 Å². The van der Waals surface area contributed by atoms with E-state index in [2.05, 4.69) is 0 Å². The van der Waals surface area contributed by atoms with Crippen molar-refractivity contribution >= 4 is 11.6 Å². The molecule has 0 N–H and O–H groups in total. The normalized spacial score (nSPS) is 10.1. The number of para-hydroxylation sites is 1. The van der Waals surface area contributed by atoms with Crippen LogP contribution in [0.3, 0.4) is 0 Å². The quantitative estimate of drug-likeness (QED) is 0.594. The first kappa shape index (κ1) is 14.0. The maximum absolute atomic E-state index is 12.3. The van der Waals surface area contributed by atoms with Crippen LogP contribution in [0.2, 0.25) is 0 Å². The molecular formula is C17H16O3. The van der Waals surface area contributed by atoms with Crippen LogP contribution in [0.25, 0.3) is 0 Å². The van der Waals surface area contributed by atoms with Crippen LogP contribution in [0.4, 0.5) is 0 Å². The van der Waals surface area contributed by atoms with Gasteiger partial charge >= 0.3 is 0 Å². The summed E-state index contributed by atoms with van der Waals surface area (Å²) in [4.78, 5) is 24.5. The fourth-order valence-electron chi connectivity index (χ4n) is 1.84. The Balaban J connectivity index is 2.27. The summed E-state index contributed by atoms with van der Waals surface area (Å²) in [6.07, 6.45) is 0.842. The number of benzene rings is 2. The lowest BCUT2D eigenvalue weighted by Gasteiger charge is -2.09. The minimum Gasteiger partial charge on any atom is -0.493 e. The average molecular weight is 268 g/mol.